The van der Waals surface area contributed by atoms with Crippen molar-refractivity contribution in [2.45, 2.75) is 38.0 Å². The molecule has 3 rings (SSSR count). The fourth-order valence-electron chi connectivity index (χ4n) is 2.95. The Morgan fingerprint density at radius 2 is 2.05 bits per heavy atom. The third kappa shape index (κ3) is 1.77. The van der Waals surface area contributed by atoms with E-state index in [1.165, 1.54) is 6.92 Å². The molecule has 2 heterocycles. The van der Waals surface area contributed by atoms with Gasteiger partial charge in [-0.3, -0.25) is 9.63 Å². The van der Waals surface area contributed by atoms with E-state index in [0.29, 0.717) is 6.42 Å². The average molecular weight is 275 g/mol. The predicted molar refractivity (Wildman–Crippen MR) is 70.6 cm³/mol. The summed E-state index contributed by atoms with van der Waals surface area (Å²) < 4.78 is 5.32. The number of hydroxylamine groups is 2. The normalized spacial score (nSPS) is 33.6. The highest BCUT2D eigenvalue weighted by Gasteiger charge is 2.60. The predicted octanol–water partition coefficient (Wildman–Crippen LogP) is 1.42. The van der Waals surface area contributed by atoms with E-state index >= 15 is 0 Å². The van der Waals surface area contributed by atoms with Gasteiger partial charge in [-0.05, 0) is 19.4 Å². The molecular weight excluding hydrogens is 258 g/mol. The Bertz CT molecular complexity index is 544. The number of ketones is 1. The minimum absolute atomic E-state index is 0.0743. The largest absolute Gasteiger partial charge is 0.462 e. The number of Topliss-reactive ketones (excluding diaryl/α,β-unsaturated/α-hetero) is 1. The van der Waals surface area contributed by atoms with Crippen LogP contribution in [0.4, 0.5) is 0 Å². The SMILES string of the molecule is CC(=O)[C@H]1C[C@@]2(c3ccccc3)C(=O)OC[C@H](C)N2O1. The molecule has 0 bridgehead atoms. The van der Waals surface area contributed by atoms with Gasteiger partial charge < -0.3 is 4.74 Å². The second-order valence-electron chi connectivity index (χ2n) is 5.41. The first kappa shape index (κ1) is 13.3. The van der Waals surface area contributed by atoms with Crippen LogP contribution in [0.5, 0.6) is 0 Å². The molecule has 2 saturated heterocycles. The number of hydrogen-bond acceptors (Lipinski definition) is 5. The van der Waals surface area contributed by atoms with Crippen LogP contribution in [0, 0.1) is 0 Å². The maximum atomic E-state index is 12.5. The van der Waals surface area contributed by atoms with E-state index in [1.807, 2.05) is 37.3 Å². The van der Waals surface area contributed by atoms with Crippen molar-refractivity contribution in [2.75, 3.05) is 6.61 Å². The summed E-state index contributed by atoms with van der Waals surface area (Å²) in [5.74, 6) is -0.416. The van der Waals surface area contributed by atoms with Gasteiger partial charge in [0.1, 0.15) is 12.7 Å². The number of esters is 1. The summed E-state index contributed by atoms with van der Waals surface area (Å²) >= 11 is 0. The van der Waals surface area contributed by atoms with Crippen LogP contribution in [0.1, 0.15) is 25.8 Å². The van der Waals surface area contributed by atoms with Crippen LogP contribution in [0.3, 0.4) is 0 Å². The molecule has 0 saturated carbocycles. The van der Waals surface area contributed by atoms with Crippen molar-refractivity contribution < 1.29 is 19.2 Å². The molecule has 20 heavy (non-hydrogen) atoms. The molecule has 2 fully saturated rings. The fourth-order valence-corrected chi connectivity index (χ4v) is 2.95. The van der Waals surface area contributed by atoms with E-state index in [-0.39, 0.29) is 24.4 Å². The molecule has 3 atom stereocenters. The Balaban J connectivity index is 2.10. The third-order valence-electron chi connectivity index (χ3n) is 4.00. The van der Waals surface area contributed by atoms with E-state index in [4.69, 9.17) is 9.57 Å². The lowest BCUT2D eigenvalue weighted by Crippen LogP contribution is -2.57. The van der Waals surface area contributed by atoms with Gasteiger partial charge >= 0.3 is 5.97 Å². The highest BCUT2D eigenvalue weighted by molar-refractivity contribution is 5.87. The summed E-state index contributed by atoms with van der Waals surface area (Å²) in [7, 11) is 0. The molecule has 0 N–H and O–H groups in total. The van der Waals surface area contributed by atoms with Gasteiger partial charge in [0.15, 0.2) is 11.3 Å². The summed E-state index contributed by atoms with van der Waals surface area (Å²) in [4.78, 5) is 29.9. The zero-order valence-corrected chi connectivity index (χ0v) is 11.5. The molecule has 0 aliphatic carbocycles. The Morgan fingerprint density at radius 1 is 1.35 bits per heavy atom. The number of rotatable bonds is 2. The number of hydrogen-bond donors (Lipinski definition) is 0. The van der Waals surface area contributed by atoms with Gasteiger partial charge in [-0.25, -0.2) is 4.79 Å². The standard InChI is InChI=1S/C15H17NO4/c1-10-9-19-14(18)15(12-6-4-3-5-7-12)8-13(11(2)17)20-16(10)15/h3-7,10,13H,8-9H2,1-2H3/t10-,13+,15+/m0/s1. The topological polar surface area (TPSA) is 55.8 Å². The summed E-state index contributed by atoms with van der Waals surface area (Å²) in [6.45, 7) is 3.68. The molecule has 2 aliphatic rings. The van der Waals surface area contributed by atoms with E-state index < -0.39 is 11.6 Å². The van der Waals surface area contributed by atoms with Crippen molar-refractivity contribution in [2.24, 2.45) is 0 Å². The van der Waals surface area contributed by atoms with Gasteiger partial charge in [0, 0.05) is 6.42 Å². The Morgan fingerprint density at radius 3 is 2.70 bits per heavy atom. The highest BCUT2D eigenvalue weighted by Crippen LogP contribution is 2.45. The van der Waals surface area contributed by atoms with Gasteiger partial charge in [0.05, 0.1) is 6.04 Å². The second kappa shape index (κ2) is 4.68. The molecule has 0 unspecified atom stereocenters. The molecule has 1 aromatic rings. The molecule has 0 spiro atoms. The Kier molecular flexibility index (Phi) is 3.11. The van der Waals surface area contributed by atoms with Crippen molar-refractivity contribution in [3.8, 4) is 0 Å². The lowest BCUT2D eigenvalue weighted by molar-refractivity contribution is -0.246. The minimum Gasteiger partial charge on any atom is -0.462 e. The van der Waals surface area contributed by atoms with Crippen molar-refractivity contribution in [1.29, 1.82) is 0 Å². The highest BCUT2D eigenvalue weighted by atomic mass is 16.7. The van der Waals surface area contributed by atoms with Crippen LogP contribution in [-0.2, 0) is 24.7 Å². The zero-order chi connectivity index (χ0) is 14.3. The smallest absolute Gasteiger partial charge is 0.333 e. The first-order chi connectivity index (χ1) is 9.55. The first-order valence-electron chi connectivity index (χ1n) is 6.75. The van der Waals surface area contributed by atoms with Crippen LogP contribution in [0.2, 0.25) is 0 Å². The van der Waals surface area contributed by atoms with Crippen molar-refractivity contribution in [3.63, 3.8) is 0 Å². The lowest BCUT2D eigenvalue weighted by Gasteiger charge is -2.41. The van der Waals surface area contributed by atoms with Gasteiger partial charge in [-0.1, -0.05) is 30.3 Å². The van der Waals surface area contributed by atoms with Crippen LogP contribution >= 0.6 is 0 Å². The van der Waals surface area contributed by atoms with Gasteiger partial charge in [-0.2, -0.15) is 5.06 Å². The Labute approximate surface area is 117 Å². The van der Waals surface area contributed by atoms with E-state index in [1.54, 1.807) is 5.06 Å². The summed E-state index contributed by atoms with van der Waals surface area (Å²) in [6.07, 6.45) is -0.293. The molecule has 5 heteroatoms. The molecule has 2 aliphatic heterocycles. The van der Waals surface area contributed by atoms with E-state index in [2.05, 4.69) is 0 Å². The van der Waals surface area contributed by atoms with Gasteiger partial charge in [0.2, 0.25) is 0 Å². The summed E-state index contributed by atoms with van der Waals surface area (Å²) in [6, 6.07) is 9.29. The van der Waals surface area contributed by atoms with Gasteiger partial charge in [-0.15, -0.1) is 0 Å². The van der Waals surface area contributed by atoms with E-state index in [0.717, 1.165) is 5.56 Å². The third-order valence-corrected chi connectivity index (χ3v) is 4.00. The molecule has 5 nitrogen and oxygen atoms in total. The molecular formula is C15H17NO4. The monoisotopic (exact) mass is 275 g/mol. The van der Waals surface area contributed by atoms with Crippen molar-refractivity contribution >= 4 is 11.8 Å². The Hall–Kier alpha value is -1.72. The number of nitrogens with zero attached hydrogens (tertiary/aromatic N) is 1. The van der Waals surface area contributed by atoms with Crippen LogP contribution in [0.15, 0.2) is 30.3 Å². The van der Waals surface area contributed by atoms with Crippen molar-refractivity contribution in [1.82, 2.24) is 5.06 Å². The summed E-state index contributed by atoms with van der Waals surface area (Å²) in [5.41, 5.74) is -0.199. The second-order valence-corrected chi connectivity index (χ2v) is 5.41. The van der Waals surface area contributed by atoms with Crippen LogP contribution < -0.4 is 0 Å². The van der Waals surface area contributed by atoms with Crippen LogP contribution in [-0.4, -0.2) is 35.6 Å². The quantitative estimate of drug-likeness (QED) is 0.764. The number of cyclic esters (lactones) is 1. The maximum Gasteiger partial charge on any atom is 0.333 e. The first-order valence-corrected chi connectivity index (χ1v) is 6.75. The number of morpholine rings is 1. The lowest BCUT2D eigenvalue weighted by atomic mass is 9.83. The van der Waals surface area contributed by atoms with Crippen molar-refractivity contribution in [3.05, 3.63) is 35.9 Å². The molecule has 0 aromatic heterocycles. The van der Waals surface area contributed by atoms with E-state index in [9.17, 15) is 9.59 Å². The number of fused-ring (bicyclic) bond motifs is 1. The number of benzene rings is 1. The summed E-state index contributed by atoms with van der Waals surface area (Å²) in [5, 5.41) is 1.65. The molecule has 106 valence electrons. The zero-order valence-electron chi connectivity index (χ0n) is 11.5. The molecule has 1 aromatic carbocycles. The van der Waals surface area contributed by atoms with Crippen LogP contribution in [0.25, 0.3) is 0 Å². The fraction of sp³-hybridized carbons (Fsp3) is 0.467. The van der Waals surface area contributed by atoms with Gasteiger partial charge in [0.25, 0.3) is 0 Å². The average Bonchev–Trinajstić information content (AvgIpc) is 2.87. The minimum atomic E-state index is -1.00. The number of carbonyl (C=O) groups is 2. The molecule has 0 amide bonds. The number of carbonyl (C=O) groups excluding carboxylic acids is 2. The molecule has 0 radical (unpaired) electrons. The number of ether oxygens (including phenoxy) is 1. The maximum absolute atomic E-state index is 12.5.